The molecule has 0 aliphatic rings. The number of rotatable bonds is 4. The molecule has 4 N–H and O–H groups in total. The first-order valence-corrected chi connectivity index (χ1v) is 9.33. The van der Waals surface area contributed by atoms with Crippen molar-refractivity contribution in [3.05, 3.63) is 58.8 Å². The van der Waals surface area contributed by atoms with E-state index in [-0.39, 0.29) is 5.56 Å². The van der Waals surface area contributed by atoms with Crippen molar-refractivity contribution in [1.29, 1.82) is 0 Å². The SMILES string of the molecule is Cc1c(-c2nc3cc4[nH]cnc4cc3[nH]c2=O)c2ccccc2n1CCCN. The molecule has 7 heteroatoms. The topological polar surface area (TPSA) is 105 Å². The van der Waals surface area contributed by atoms with E-state index in [0.29, 0.717) is 17.8 Å². The predicted molar refractivity (Wildman–Crippen MR) is 111 cm³/mol. The Morgan fingerprint density at radius 1 is 1.14 bits per heavy atom. The number of hydrogen-bond donors (Lipinski definition) is 3. The van der Waals surface area contributed by atoms with Crippen LogP contribution in [0.3, 0.4) is 0 Å². The quantitative estimate of drug-likeness (QED) is 0.451. The highest BCUT2D eigenvalue weighted by molar-refractivity contribution is 5.98. The molecular formula is C21H20N6O. The Bertz CT molecular complexity index is 1390. The molecule has 0 saturated carbocycles. The molecular weight excluding hydrogens is 352 g/mol. The molecule has 0 atom stereocenters. The van der Waals surface area contributed by atoms with E-state index in [9.17, 15) is 4.79 Å². The molecule has 5 aromatic rings. The van der Waals surface area contributed by atoms with Crippen LogP contribution in [0.1, 0.15) is 12.1 Å². The van der Waals surface area contributed by atoms with Gasteiger partial charge < -0.3 is 20.3 Å². The summed E-state index contributed by atoms with van der Waals surface area (Å²) in [6.07, 6.45) is 2.51. The summed E-state index contributed by atoms with van der Waals surface area (Å²) in [5.74, 6) is 0. The van der Waals surface area contributed by atoms with Crippen LogP contribution in [0.5, 0.6) is 0 Å². The summed E-state index contributed by atoms with van der Waals surface area (Å²) < 4.78 is 2.22. The van der Waals surface area contributed by atoms with E-state index in [2.05, 4.69) is 25.6 Å². The lowest BCUT2D eigenvalue weighted by molar-refractivity contribution is 0.657. The summed E-state index contributed by atoms with van der Waals surface area (Å²) in [7, 11) is 0. The molecule has 5 rings (SSSR count). The van der Waals surface area contributed by atoms with Crippen LogP contribution in [0.2, 0.25) is 0 Å². The van der Waals surface area contributed by atoms with Crippen LogP contribution < -0.4 is 11.3 Å². The number of aromatic nitrogens is 5. The second kappa shape index (κ2) is 6.31. The molecule has 2 aromatic carbocycles. The fourth-order valence-corrected chi connectivity index (χ4v) is 3.95. The number of nitrogens with two attached hydrogens (primary N) is 1. The standard InChI is InChI=1S/C21H20N6O/c1-12-19(13-5-2-3-6-18(13)27(12)8-4-7-22)20-21(28)26-17-10-15-14(23-11-24-15)9-16(17)25-20/h2-3,5-6,9-11H,4,7-8,22H2,1H3,(H,23,24)(H,26,28). The Balaban J connectivity index is 1.80. The third-order valence-electron chi connectivity index (χ3n) is 5.29. The van der Waals surface area contributed by atoms with Crippen molar-refractivity contribution in [3.8, 4) is 11.3 Å². The van der Waals surface area contributed by atoms with Gasteiger partial charge in [0.25, 0.3) is 5.56 Å². The number of benzene rings is 2. The molecule has 0 amide bonds. The molecule has 0 aliphatic heterocycles. The summed E-state index contributed by atoms with van der Waals surface area (Å²) in [5, 5.41) is 1.02. The monoisotopic (exact) mass is 372 g/mol. The zero-order valence-corrected chi connectivity index (χ0v) is 15.5. The molecule has 0 fully saturated rings. The predicted octanol–water partition coefficient (Wildman–Crippen LogP) is 3.08. The summed E-state index contributed by atoms with van der Waals surface area (Å²) in [6.45, 7) is 3.47. The van der Waals surface area contributed by atoms with Gasteiger partial charge in [0.2, 0.25) is 0 Å². The van der Waals surface area contributed by atoms with E-state index in [0.717, 1.165) is 51.7 Å². The van der Waals surface area contributed by atoms with Gasteiger partial charge >= 0.3 is 0 Å². The highest BCUT2D eigenvalue weighted by Crippen LogP contribution is 2.33. The molecule has 3 heterocycles. The lowest BCUT2D eigenvalue weighted by atomic mass is 10.1. The molecule has 140 valence electrons. The Labute approximate surface area is 160 Å². The maximum absolute atomic E-state index is 13.0. The van der Waals surface area contributed by atoms with Crippen molar-refractivity contribution in [2.75, 3.05) is 6.54 Å². The number of aryl methyl sites for hydroxylation is 1. The fraction of sp³-hybridized carbons (Fsp3) is 0.190. The minimum atomic E-state index is -0.202. The smallest absolute Gasteiger partial charge is 0.275 e. The second-order valence-corrected chi connectivity index (χ2v) is 6.98. The maximum Gasteiger partial charge on any atom is 0.275 e. The van der Waals surface area contributed by atoms with Gasteiger partial charge in [-0.1, -0.05) is 18.2 Å². The van der Waals surface area contributed by atoms with Crippen LogP contribution in [0, 0.1) is 6.92 Å². The first-order valence-electron chi connectivity index (χ1n) is 9.33. The average Bonchev–Trinajstić information content (AvgIpc) is 3.25. The Morgan fingerprint density at radius 3 is 2.82 bits per heavy atom. The normalized spacial score (nSPS) is 11.8. The van der Waals surface area contributed by atoms with Gasteiger partial charge in [-0.05, 0) is 38.1 Å². The van der Waals surface area contributed by atoms with E-state index in [4.69, 9.17) is 10.7 Å². The number of aromatic amines is 2. The van der Waals surface area contributed by atoms with Crippen molar-refractivity contribution in [2.24, 2.45) is 5.73 Å². The van der Waals surface area contributed by atoms with Gasteiger partial charge in [-0.3, -0.25) is 4.79 Å². The summed E-state index contributed by atoms with van der Waals surface area (Å²) in [4.78, 5) is 28.0. The molecule has 0 unspecified atom stereocenters. The molecule has 0 aliphatic carbocycles. The molecule has 28 heavy (non-hydrogen) atoms. The van der Waals surface area contributed by atoms with Gasteiger partial charge in [0.1, 0.15) is 5.69 Å². The number of hydrogen-bond acceptors (Lipinski definition) is 4. The van der Waals surface area contributed by atoms with Crippen molar-refractivity contribution in [3.63, 3.8) is 0 Å². The van der Waals surface area contributed by atoms with Crippen LogP contribution in [0.4, 0.5) is 0 Å². The summed E-state index contributed by atoms with van der Waals surface area (Å²) >= 11 is 0. The second-order valence-electron chi connectivity index (χ2n) is 6.98. The zero-order valence-electron chi connectivity index (χ0n) is 15.5. The summed E-state index contributed by atoms with van der Waals surface area (Å²) in [5.41, 5.74) is 12.0. The van der Waals surface area contributed by atoms with Gasteiger partial charge in [0.15, 0.2) is 0 Å². The largest absolute Gasteiger partial charge is 0.345 e. The highest BCUT2D eigenvalue weighted by atomic mass is 16.1. The first-order chi connectivity index (χ1) is 13.7. The molecule has 7 nitrogen and oxygen atoms in total. The molecule has 0 bridgehead atoms. The van der Waals surface area contributed by atoms with Crippen LogP contribution in [-0.4, -0.2) is 31.0 Å². The minimum absolute atomic E-state index is 0.202. The van der Waals surface area contributed by atoms with Crippen LogP contribution in [-0.2, 0) is 6.54 Å². The Kier molecular flexibility index (Phi) is 3.77. The highest BCUT2D eigenvalue weighted by Gasteiger charge is 2.19. The van der Waals surface area contributed by atoms with Crippen molar-refractivity contribution < 1.29 is 0 Å². The maximum atomic E-state index is 13.0. The van der Waals surface area contributed by atoms with E-state index < -0.39 is 0 Å². The minimum Gasteiger partial charge on any atom is -0.345 e. The Hall–Kier alpha value is -3.45. The van der Waals surface area contributed by atoms with Crippen molar-refractivity contribution in [2.45, 2.75) is 19.9 Å². The van der Waals surface area contributed by atoms with E-state index in [1.54, 1.807) is 6.33 Å². The fourth-order valence-electron chi connectivity index (χ4n) is 3.95. The first kappa shape index (κ1) is 16.7. The number of H-pyrrole nitrogens is 2. The van der Waals surface area contributed by atoms with Crippen LogP contribution >= 0.6 is 0 Å². The zero-order chi connectivity index (χ0) is 19.3. The van der Waals surface area contributed by atoms with Crippen molar-refractivity contribution in [1.82, 2.24) is 24.5 Å². The van der Waals surface area contributed by atoms with Crippen LogP contribution in [0.25, 0.3) is 44.2 Å². The number of nitrogens with one attached hydrogen (secondary N) is 2. The van der Waals surface area contributed by atoms with E-state index in [1.165, 1.54) is 0 Å². The molecule has 0 saturated heterocycles. The third kappa shape index (κ3) is 2.44. The lowest BCUT2D eigenvalue weighted by Crippen LogP contribution is -2.12. The number of fused-ring (bicyclic) bond motifs is 3. The summed E-state index contributed by atoms with van der Waals surface area (Å²) in [6, 6.07) is 11.9. The van der Waals surface area contributed by atoms with Gasteiger partial charge in [0.05, 0.1) is 28.4 Å². The molecule has 0 radical (unpaired) electrons. The van der Waals surface area contributed by atoms with Gasteiger partial charge in [-0.25, -0.2) is 9.97 Å². The van der Waals surface area contributed by atoms with E-state index >= 15 is 0 Å². The molecule has 3 aromatic heterocycles. The molecule has 0 spiro atoms. The number of imidazole rings is 1. The lowest BCUT2D eigenvalue weighted by Gasteiger charge is -2.08. The van der Waals surface area contributed by atoms with E-state index in [1.807, 2.05) is 37.3 Å². The van der Waals surface area contributed by atoms with Gasteiger partial charge in [-0.2, -0.15) is 0 Å². The van der Waals surface area contributed by atoms with Gasteiger partial charge in [0, 0.05) is 28.7 Å². The number of nitrogens with zero attached hydrogens (tertiary/aromatic N) is 3. The average molecular weight is 372 g/mol. The Morgan fingerprint density at radius 2 is 1.96 bits per heavy atom. The third-order valence-corrected chi connectivity index (χ3v) is 5.29. The van der Waals surface area contributed by atoms with Crippen LogP contribution in [0.15, 0.2) is 47.5 Å². The number of para-hydroxylation sites is 1. The van der Waals surface area contributed by atoms with Crippen molar-refractivity contribution >= 4 is 33.0 Å². The van der Waals surface area contributed by atoms with Gasteiger partial charge in [-0.15, -0.1) is 0 Å².